The summed E-state index contributed by atoms with van der Waals surface area (Å²) in [5.41, 5.74) is 2.84. The predicted molar refractivity (Wildman–Crippen MR) is 73.3 cm³/mol. The lowest BCUT2D eigenvalue weighted by Gasteiger charge is -2.05. The average Bonchev–Trinajstić information content (AvgIpc) is 2.80. The molecule has 0 radical (unpaired) electrons. The Morgan fingerprint density at radius 2 is 2.30 bits per heavy atom. The van der Waals surface area contributed by atoms with Crippen LogP contribution in [-0.4, -0.2) is 32.6 Å². The minimum atomic E-state index is -0.494. The van der Waals surface area contributed by atoms with Crippen LogP contribution in [0.3, 0.4) is 0 Å². The number of nitrogens with zero attached hydrogens (tertiary/aromatic N) is 4. The van der Waals surface area contributed by atoms with Crippen LogP contribution in [0.1, 0.15) is 27.4 Å². The molecule has 0 spiro atoms. The Balaban J connectivity index is 2.19. The van der Waals surface area contributed by atoms with Crippen molar-refractivity contribution in [2.45, 2.75) is 20.4 Å². The first-order valence-corrected chi connectivity index (χ1v) is 6.22. The smallest absolute Gasteiger partial charge is 0.361 e. The molecule has 2 aromatic heterocycles. The molecule has 0 bridgehead atoms. The topological polar surface area (TPSA) is 69.9 Å². The van der Waals surface area contributed by atoms with Gasteiger partial charge in [-0.1, -0.05) is 23.9 Å². The van der Waals surface area contributed by atoms with Gasteiger partial charge < -0.3 is 4.74 Å². The molecule has 2 rings (SSSR count). The summed E-state index contributed by atoms with van der Waals surface area (Å²) in [6, 6.07) is 3.86. The molecule has 0 aliphatic heterocycles. The maximum atomic E-state index is 11.8. The van der Waals surface area contributed by atoms with Crippen LogP contribution in [0.25, 0.3) is 0 Å². The molecule has 0 fully saturated rings. The highest BCUT2D eigenvalue weighted by Crippen LogP contribution is 2.10. The number of carbonyl (C=O) groups excluding carboxylic acids is 1. The number of hydrogen-bond acceptors (Lipinski definition) is 5. The lowest BCUT2D eigenvalue weighted by Crippen LogP contribution is -2.10. The second-order valence-corrected chi connectivity index (χ2v) is 4.34. The van der Waals surface area contributed by atoms with Crippen LogP contribution in [0.15, 0.2) is 31.0 Å². The first-order valence-electron chi connectivity index (χ1n) is 6.22. The molecule has 104 valence electrons. The molecule has 0 saturated carbocycles. The Kier molecular flexibility index (Phi) is 4.24. The summed E-state index contributed by atoms with van der Waals surface area (Å²) in [4.78, 5) is 16.1. The van der Waals surface area contributed by atoms with E-state index in [1.165, 1.54) is 6.08 Å². The van der Waals surface area contributed by atoms with Crippen LogP contribution >= 0.6 is 0 Å². The van der Waals surface area contributed by atoms with Gasteiger partial charge >= 0.3 is 5.97 Å². The minimum absolute atomic E-state index is 0.157. The highest BCUT2D eigenvalue weighted by molar-refractivity contribution is 5.88. The maximum absolute atomic E-state index is 11.8. The fourth-order valence-electron chi connectivity index (χ4n) is 1.73. The number of aromatic nitrogens is 4. The Bertz CT molecular complexity index is 634. The largest absolute Gasteiger partial charge is 0.457 e. The number of rotatable bonds is 5. The molecule has 0 saturated heterocycles. The Hall–Kier alpha value is -2.50. The van der Waals surface area contributed by atoms with E-state index in [0.29, 0.717) is 12.2 Å². The third-order valence-corrected chi connectivity index (χ3v) is 2.93. The fourth-order valence-corrected chi connectivity index (χ4v) is 1.73. The molecule has 20 heavy (non-hydrogen) atoms. The summed E-state index contributed by atoms with van der Waals surface area (Å²) in [7, 11) is 0. The number of hydrogen-bond donors (Lipinski definition) is 0. The van der Waals surface area contributed by atoms with Crippen molar-refractivity contribution >= 4 is 5.97 Å². The van der Waals surface area contributed by atoms with Crippen LogP contribution in [-0.2, 0) is 11.3 Å². The van der Waals surface area contributed by atoms with Crippen LogP contribution in [0, 0.1) is 13.8 Å². The van der Waals surface area contributed by atoms with Gasteiger partial charge in [0.25, 0.3) is 0 Å². The van der Waals surface area contributed by atoms with Crippen LogP contribution in [0.5, 0.6) is 0 Å². The number of esters is 1. The van der Waals surface area contributed by atoms with E-state index in [1.54, 1.807) is 17.8 Å². The highest BCUT2D eigenvalue weighted by atomic mass is 16.5. The SMILES string of the molecule is C=CCOC(=O)c1nnn(Cc2ncccc2C)c1C. The lowest BCUT2D eigenvalue weighted by molar-refractivity contribution is 0.0542. The molecular weight excluding hydrogens is 256 g/mol. The van der Waals surface area contributed by atoms with E-state index in [2.05, 4.69) is 21.9 Å². The van der Waals surface area contributed by atoms with Crippen molar-refractivity contribution in [1.29, 1.82) is 0 Å². The van der Waals surface area contributed by atoms with Gasteiger partial charge in [0.05, 0.1) is 17.9 Å². The summed E-state index contributed by atoms with van der Waals surface area (Å²) < 4.78 is 6.60. The summed E-state index contributed by atoms with van der Waals surface area (Å²) in [6.45, 7) is 7.88. The zero-order valence-electron chi connectivity index (χ0n) is 11.5. The summed E-state index contributed by atoms with van der Waals surface area (Å²) in [6.07, 6.45) is 3.24. The normalized spacial score (nSPS) is 10.3. The highest BCUT2D eigenvalue weighted by Gasteiger charge is 2.18. The van der Waals surface area contributed by atoms with Gasteiger partial charge in [-0.15, -0.1) is 5.10 Å². The molecule has 2 aromatic rings. The molecule has 6 heteroatoms. The van der Waals surface area contributed by atoms with Gasteiger partial charge in [-0.3, -0.25) is 4.98 Å². The minimum Gasteiger partial charge on any atom is -0.457 e. The van der Waals surface area contributed by atoms with Crippen LogP contribution in [0.4, 0.5) is 0 Å². The van der Waals surface area contributed by atoms with Crippen molar-refractivity contribution in [3.05, 3.63) is 53.6 Å². The zero-order chi connectivity index (χ0) is 14.5. The number of carbonyl (C=O) groups is 1. The third-order valence-electron chi connectivity index (χ3n) is 2.93. The summed E-state index contributed by atoms with van der Waals surface area (Å²) in [5.74, 6) is -0.494. The van der Waals surface area contributed by atoms with Crippen molar-refractivity contribution < 1.29 is 9.53 Å². The van der Waals surface area contributed by atoms with Gasteiger partial charge in [-0.05, 0) is 25.5 Å². The van der Waals surface area contributed by atoms with Crippen molar-refractivity contribution in [3.63, 3.8) is 0 Å². The molecule has 0 aliphatic rings. The summed E-state index contributed by atoms with van der Waals surface area (Å²) >= 11 is 0. The second-order valence-electron chi connectivity index (χ2n) is 4.34. The quantitative estimate of drug-likeness (QED) is 0.612. The first kappa shape index (κ1) is 13.9. The van der Waals surface area contributed by atoms with Gasteiger partial charge in [0.2, 0.25) is 0 Å². The molecule has 0 aliphatic carbocycles. The predicted octanol–water partition coefficient (Wildman–Crippen LogP) is 1.68. The Labute approximate surface area is 117 Å². The maximum Gasteiger partial charge on any atom is 0.361 e. The zero-order valence-corrected chi connectivity index (χ0v) is 11.5. The number of pyridine rings is 1. The van der Waals surface area contributed by atoms with Crippen LogP contribution in [0.2, 0.25) is 0 Å². The Morgan fingerprint density at radius 1 is 1.50 bits per heavy atom. The average molecular weight is 272 g/mol. The molecule has 0 atom stereocenters. The van der Waals surface area contributed by atoms with Gasteiger partial charge in [-0.25, -0.2) is 9.48 Å². The Morgan fingerprint density at radius 3 is 3.00 bits per heavy atom. The van der Waals surface area contributed by atoms with E-state index in [-0.39, 0.29) is 12.3 Å². The third kappa shape index (κ3) is 2.90. The molecular formula is C14H16N4O2. The van der Waals surface area contributed by atoms with E-state index in [4.69, 9.17) is 4.74 Å². The fraction of sp³-hybridized carbons (Fsp3) is 0.286. The van der Waals surface area contributed by atoms with E-state index >= 15 is 0 Å². The van der Waals surface area contributed by atoms with E-state index < -0.39 is 5.97 Å². The van der Waals surface area contributed by atoms with Crippen molar-refractivity contribution in [1.82, 2.24) is 20.0 Å². The number of aryl methyl sites for hydroxylation is 1. The molecule has 0 amide bonds. The van der Waals surface area contributed by atoms with Gasteiger partial charge in [0.1, 0.15) is 6.61 Å². The second kappa shape index (κ2) is 6.10. The lowest BCUT2D eigenvalue weighted by atomic mass is 10.2. The molecule has 6 nitrogen and oxygen atoms in total. The van der Waals surface area contributed by atoms with Crippen LogP contribution < -0.4 is 0 Å². The van der Waals surface area contributed by atoms with Crippen molar-refractivity contribution in [2.75, 3.05) is 6.61 Å². The van der Waals surface area contributed by atoms with Gasteiger partial charge in [-0.2, -0.15) is 0 Å². The van der Waals surface area contributed by atoms with E-state index in [0.717, 1.165) is 11.3 Å². The monoisotopic (exact) mass is 272 g/mol. The van der Waals surface area contributed by atoms with Gasteiger partial charge in [0, 0.05) is 6.20 Å². The molecule has 0 N–H and O–H groups in total. The summed E-state index contributed by atoms with van der Waals surface area (Å²) in [5, 5.41) is 7.85. The van der Waals surface area contributed by atoms with Crippen molar-refractivity contribution in [2.24, 2.45) is 0 Å². The van der Waals surface area contributed by atoms with E-state index in [9.17, 15) is 4.79 Å². The molecule has 2 heterocycles. The van der Waals surface area contributed by atoms with Gasteiger partial charge in [0.15, 0.2) is 5.69 Å². The molecule has 0 aromatic carbocycles. The standard InChI is InChI=1S/C14H16N4O2/c1-4-8-20-14(19)13-11(3)18(17-16-13)9-12-10(2)6-5-7-15-12/h4-7H,1,8-9H2,2-3H3. The first-order chi connectivity index (χ1) is 9.63. The van der Waals surface area contributed by atoms with Crippen molar-refractivity contribution in [3.8, 4) is 0 Å². The molecule has 0 unspecified atom stereocenters. The number of ether oxygens (including phenoxy) is 1. The van der Waals surface area contributed by atoms with E-state index in [1.807, 2.05) is 19.1 Å².